The van der Waals surface area contributed by atoms with E-state index in [1.54, 1.807) is 48.7 Å². The largest absolute Gasteiger partial charge is 0.478 e. The molecule has 0 amide bonds. The average Bonchev–Trinajstić information content (AvgIpc) is 2.48. The molecule has 2 heterocycles. The standard InChI is InChI=1S/C7H5N3O.C7H6O2/c11-7-4-6-5(9-10-7)2-1-3-8-6;8-7(9)6-4-2-1-3-5-6/h1-4H,(H,10,11);1-5H,(H,8,9). The lowest BCUT2D eigenvalue weighted by Gasteiger charge is -1.90. The smallest absolute Gasteiger partial charge is 0.335 e. The summed E-state index contributed by atoms with van der Waals surface area (Å²) in [7, 11) is 0. The molecule has 1 aromatic carbocycles. The van der Waals surface area contributed by atoms with Crippen molar-refractivity contribution in [2.75, 3.05) is 0 Å². The zero-order valence-electron chi connectivity index (χ0n) is 10.4. The topological polar surface area (TPSA) is 95.9 Å². The molecule has 0 aliphatic rings. The Morgan fingerprint density at radius 1 is 1.05 bits per heavy atom. The molecule has 20 heavy (non-hydrogen) atoms. The molecule has 0 saturated heterocycles. The van der Waals surface area contributed by atoms with Crippen LogP contribution in [0.5, 0.6) is 0 Å². The van der Waals surface area contributed by atoms with Crippen LogP contribution in [-0.2, 0) is 0 Å². The van der Waals surface area contributed by atoms with Gasteiger partial charge in [-0.3, -0.25) is 9.78 Å². The van der Waals surface area contributed by atoms with Crippen LogP contribution < -0.4 is 5.56 Å². The van der Waals surface area contributed by atoms with E-state index in [0.29, 0.717) is 16.6 Å². The molecule has 6 nitrogen and oxygen atoms in total. The summed E-state index contributed by atoms with van der Waals surface area (Å²) >= 11 is 0. The van der Waals surface area contributed by atoms with Crippen molar-refractivity contribution in [3.05, 3.63) is 70.6 Å². The number of aromatic nitrogens is 3. The lowest BCUT2D eigenvalue weighted by Crippen LogP contribution is -2.05. The summed E-state index contributed by atoms with van der Waals surface area (Å²) in [4.78, 5) is 24.9. The molecule has 0 unspecified atom stereocenters. The van der Waals surface area contributed by atoms with Gasteiger partial charge in [0.15, 0.2) is 0 Å². The summed E-state index contributed by atoms with van der Waals surface area (Å²) in [6, 6.07) is 13.3. The van der Waals surface area contributed by atoms with E-state index in [-0.39, 0.29) is 5.56 Å². The van der Waals surface area contributed by atoms with Gasteiger partial charge in [-0.25, -0.2) is 9.89 Å². The number of aromatic carboxylic acids is 1. The Balaban J connectivity index is 0.000000151. The maximum Gasteiger partial charge on any atom is 0.335 e. The maximum atomic E-state index is 10.7. The number of carboxylic acid groups (broad SMARTS) is 1. The van der Waals surface area contributed by atoms with E-state index >= 15 is 0 Å². The Labute approximate surface area is 113 Å². The summed E-state index contributed by atoms with van der Waals surface area (Å²) < 4.78 is 0. The first-order chi connectivity index (χ1) is 9.66. The third kappa shape index (κ3) is 3.49. The number of hydrogen-bond acceptors (Lipinski definition) is 4. The molecule has 3 aromatic rings. The summed E-state index contributed by atoms with van der Waals surface area (Å²) in [6.07, 6.45) is 1.63. The lowest BCUT2D eigenvalue weighted by atomic mass is 10.2. The minimum atomic E-state index is -0.879. The summed E-state index contributed by atoms with van der Waals surface area (Å²) in [5.74, 6) is -0.879. The van der Waals surface area contributed by atoms with Crippen LogP contribution in [-0.4, -0.2) is 26.3 Å². The van der Waals surface area contributed by atoms with Gasteiger partial charge in [-0.15, -0.1) is 0 Å². The van der Waals surface area contributed by atoms with Crippen LogP contribution in [0.2, 0.25) is 0 Å². The number of aromatic amines is 1. The van der Waals surface area contributed by atoms with Crippen molar-refractivity contribution in [2.45, 2.75) is 0 Å². The van der Waals surface area contributed by atoms with E-state index in [9.17, 15) is 9.59 Å². The molecule has 2 aromatic heterocycles. The first-order valence-electron chi connectivity index (χ1n) is 5.75. The second-order valence-corrected chi connectivity index (χ2v) is 3.81. The van der Waals surface area contributed by atoms with Gasteiger partial charge in [-0.1, -0.05) is 18.2 Å². The lowest BCUT2D eigenvalue weighted by molar-refractivity contribution is 0.0697. The van der Waals surface area contributed by atoms with Crippen molar-refractivity contribution < 1.29 is 9.90 Å². The number of pyridine rings is 1. The van der Waals surface area contributed by atoms with Gasteiger partial charge < -0.3 is 5.11 Å². The highest BCUT2D eigenvalue weighted by molar-refractivity contribution is 5.87. The van der Waals surface area contributed by atoms with Gasteiger partial charge in [0.25, 0.3) is 5.56 Å². The van der Waals surface area contributed by atoms with Gasteiger partial charge in [-0.05, 0) is 24.3 Å². The minimum absolute atomic E-state index is 0.226. The molecule has 3 rings (SSSR count). The van der Waals surface area contributed by atoms with E-state index in [1.807, 2.05) is 0 Å². The van der Waals surface area contributed by atoms with E-state index < -0.39 is 5.97 Å². The van der Waals surface area contributed by atoms with Crippen LogP contribution in [0.25, 0.3) is 11.0 Å². The SMILES string of the molecule is O=C(O)c1ccccc1.O=c1cc2ncccc2n[nH]1. The molecule has 0 atom stereocenters. The molecule has 0 spiro atoms. The van der Waals surface area contributed by atoms with E-state index in [2.05, 4.69) is 15.2 Å². The van der Waals surface area contributed by atoms with Gasteiger partial charge in [0.05, 0.1) is 11.1 Å². The number of benzene rings is 1. The highest BCUT2D eigenvalue weighted by Crippen LogP contribution is 2.00. The molecular weight excluding hydrogens is 258 g/mol. The van der Waals surface area contributed by atoms with Crippen molar-refractivity contribution in [3.8, 4) is 0 Å². The summed E-state index contributed by atoms with van der Waals surface area (Å²) in [5.41, 5.74) is 1.43. The number of hydrogen-bond donors (Lipinski definition) is 2. The van der Waals surface area contributed by atoms with Crippen LogP contribution in [0.3, 0.4) is 0 Å². The van der Waals surface area contributed by atoms with Gasteiger partial charge >= 0.3 is 5.97 Å². The fraction of sp³-hybridized carbons (Fsp3) is 0. The molecule has 0 saturated carbocycles. The van der Waals surface area contributed by atoms with E-state index in [0.717, 1.165) is 0 Å². The highest BCUT2D eigenvalue weighted by atomic mass is 16.4. The van der Waals surface area contributed by atoms with E-state index in [4.69, 9.17) is 5.11 Å². The van der Waals surface area contributed by atoms with Gasteiger partial charge in [0.2, 0.25) is 0 Å². The Morgan fingerprint density at radius 2 is 1.80 bits per heavy atom. The number of rotatable bonds is 1. The van der Waals surface area contributed by atoms with Crippen LogP contribution in [0.1, 0.15) is 10.4 Å². The zero-order valence-corrected chi connectivity index (χ0v) is 10.4. The van der Waals surface area contributed by atoms with Gasteiger partial charge in [0, 0.05) is 12.3 Å². The van der Waals surface area contributed by atoms with Crippen molar-refractivity contribution in [1.29, 1.82) is 0 Å². The molecule has 0 fully saturated rings. The Hall–Kier alpha value is -3.02. The van der Waals surface area contributed by atoms with Crippen LogP contribution in [0.15, 0.2) is 59.5 Å². The predicted octanol–water partition coefficient (Wildman–Crippen LogP) is 1.70. The quantitative estimate of drug-likeness (QED) is 0.701. The molecule has 6 heteroatoms. The second-order valence-electron chi connectivity index (χ2n) is 3.81. The third-order valence-corrected chi connectivity index (χ3v) is 2.39. The van der Waals surface area contributed by atoms with Crippen molar-refractivity contribution in [1.82, 2.24) is 15.2 Å². The molecule has 0 bridgehead atoms. The average molecular weight is 269 g/mol. The monoisotopic (exact) mass is 269 g/mol. The molecule has 0 radical (unpaired) electrons. The molecule has 2 N–H and O–H groups in total. The maximum absolute atomic E-state index is 10.7. The first-order valence-corrected chi connectivity index (χ1v) is 5.75. The fourth-order valence-electron chi connectivity index (χ4n) is 1.47. The summed E-state index contributed by atoms with van der Waals surface area (Å²) in [5, 5.41) is 14.5. The number of fused-ring (bicyclic) bond motifs is 1. The first kappa shape index (κ1) is 13.4. The number of nitrogens with zero attached hydrogens (tertiary/aromatic N) is 2. The van der Waals surface area contributed by atoms with Crippen LogP contribution in [0, 0.1) is 0 Å². The van der Waals surface area contributed by atoms with Crippen LogP contribution >= 0.6 is 0 Å². The molecule has 0 aliphatic heterocycles. The number of nitrogens with one attached hydrogen (secondary N) is 1. The number of H-pyrrole nitrogens is 1. The van der Waals surface area contributed by atoms with Gasteiger partial charge in [0.1, 0.15) is 5.52 Å². The fourth-order valence-corrected chi connectivity index (χ4v) is 1.47. The second kappa shape index (κ2) is 6.24. The Kier molecular flexibility index (Phi) is 4.18. The van der Waals surface area contributed by atoms with Crippen LogP contribution in [0.4, 0.5) is 0 Å². The number of carbonyl (C=O) groups is 1. The van der Waals surface area contributed by atoms with Crippen molar-refractivity contribution in [2.24, 2.45) is 0 Å². The predicted molar refractivity (Wildman–Crippen MR) is 73.6 cm³/mol. The normalized spacial score (nSPS) is 9.60. The molecular formula is C14H11N3O3. The van der Waals surface area contributed by atoms with Crippen molar-refractivity contribution >= 4 is 17.0 Å². The minimum Gasteiger partial charge on any atom is -0.478 e. The Bertz CT molecular complexity index is 769. The zero-order chi connectivity index (χ0) is 14.4. The number of carboxylic acids is 1. The van der Waals surface area contributed by atoms with E-state index in [1.165, 1.54) is 6.07 Å². The van der Waals surface area contributed by atoms with Gasteiger partial charge in [-0.2, -0.15) is 5.10 Å². The third-order valence-electron chi connectivity index (χ3n) is 2.39. The molecule has 0 aliphatic carbocycles. The molecule has 100 valence electrons. The Morgan fingerprint density at radius 3 is 2.45 bits per heavy atom. The highest BCUT2D eigenvalue weighted by Gasteiger charge is 1.96. The summed E-state index contributed by atoms with van der Waals surface area (Å²) in [6.45, 7) is 0. The van der Waals surface area contributed by atoms with Crippen molar-refractivity contribution in [3.63, 3.8) is 0 Å².